The number of hydrogen-bond donors (Lipinski definition) is 2. The minimum absolute atomic E-state index is 0.00713. The summed E-state index contributed by atoms with van der Waals surface area (Å²) in [4.78, 5) is 24.1. The van der Waals surface area contributed by atoms with Gasteiger partial charge in [-0.2, -0.15) is 0 Å². The summed E-state index contributed by atoms with van der Waals surface area (Å²) in [6.07, 6.45) is -0.00713. The molecule has 4 nitrogen and oxygen atoms in total. The van der Waals surface area contributed by atoms with Gasteiger partial charge in [0.2, 0.25) is 5.91 Å². The number of halogens is 1. The molecule has 0 aliphatic carbocycles. The molecule has 110 valence electrons. The van der Waals surface area contributed by atoms with Gasteiger partial charge in [0, 0.05) is 4.88 Å². The zero-order chi connectivity index (χ0) is 15.6. The Balaban J connectivity index is 2.17. The molecule has 0 unspecified atom stereocenters. The monoisotopic (exact) mass is 307 g/mol. The summed E-state index contributed by atoms with van der Waals surface area (Å²) in [6, 6.07) is 5.75. The maximum absolute atomic E-state index is 13.1. The summed E-state index contributed by atoms with van der Waals surface area (Å²) >= 11 is 1.22. The van der Waals surface area contributed by atoms with Crippen molar-refractivity contribution in [2.75, 3.05) is 5.32 Å². The van der Waals surface area contributed by atoms with Crippen LogP contribution in [0.4, 0.5) is 9.39 Å². The van der Waals surface area contributed by atoms with Gasteiger partial charge in [-0.15, -0.1) is 11.3 Å². The highest BCUT2D eigenvalue weighted by Gasteiger charge is 2.20. The second kappa shape index (κ2) is 6.05. The van der Waals surface area contributed by atoms with E-state index in [1.165, 1.54) is 29.5 Å². The van der Waals surface area contributed by atoms with Gasteiger partial charge in [-0.05, 0) is 37.1 Å². The number of carboxylic acid groups (broad SMARTS) is 1. The van der Waals surface area contributed by atoms with Crippen molar-refractivity contribution in [3.8, 4) is 0 Å². The molecule has 0 spiro atoms. The molecule has 0 atom stereocenters. The SMILES string of the molecule is Cc1sc(NC(=O)Cc2cccc(F)c2)c(C(=O)O)c1C. The molecule has 0 fully saturated rings. The molecule has 1 aromatic carbocycles. The van der Waals surface area contributed by atoms with E-state index in [0.717, 1.165) is 4.88 Å². The Morgan fingerprint density at radius 1 is 1.33 bits per heavy atom. The second-order valence-electron chi connectivity index (χ2n) is 4.65. The number of amides is 1. The Kier molecular flexibility index (Phi) is 4.37. The molecular weight excluding hydrogens is 293 g/mol. The second-order valence-corrected chi connectivity index (χ2v) is 5.87. The minimum atomic E-state index is -1.07. The molecule has 6 heteroatoms. The fourth-order valence-electron chi connectivity index (χ4n) is 1.98. The smallest absolute Gasteiger partial charge is 0.338 e. The molecular formula is C15H14FNO3S. The molecule has 2 aromatic rings. The van der Waals surface area contributed by atoms with Gasteiger partial charge in [0.1, 0.15) is 10.8 Å². The average Bonchev–Trinajstić information content (AvgIpc) is 2.64. The lowest BCUT2D eigenvalue weighted by Crippen LogP contribution is -2.15. The molecule has 1 amide bonds. The Morgan fingerprint density at radius 2 is 2.05 bits per heavy atom. The maximum Gasteiger partial charge on any atom is 0.338 e. The van der Waals surface area contributed by atoms with E-state index in [1.54, 1.807) is 19.9 Å². The van der Waals surface area contributed by atoms with Crippen molar-refractivity contribution in [2.45, 2.75) is 20.3 Å². The van der Waals surface area contributed by atoms with Crippen molar-refractivity contribution < 1.29 is 19.1 Å². The van der Waals surface area contributed by atoms with Crippen molar-refractivity contribution in [3.63, 3.8) is 0 Å². The predicted octanol–water partition coefficient (Wildman–Crippen LogP) is 3.38. The van der Waals surface area contributed by atoms with Gasteiger partial charge in [0.05, 0.1) is 12.0 Å². The van der Waals surface area contributed by atoms with Gasteiger partial charge in [-0.25, -0.2) is 9.18 Å². The van der Waals surface area contributed by atoms with Gasteiger partial charge < -0.3 is 10.4 Å². The molecule has 0 saturated heterocycles. The largest absolute Gasteiger partial charge is 0.478 e. The van der Waals surface area contributed by atoms with E-state index in [1.807, 2.05) is 0 Å². The zero-order valence-corrected chi connectivity index (χ0v) is 12.4. The first-order valence-electron chi connectivity index (χ1n) is 6.26. The summed E-state index contributed by atoms with van der Waals surface area (Å²) in [5.41, 5.74) is 1.30. The molecule has 0 saturated carbocycles. The third-order valence-electron chi connectivity index (χ3n) is 3.11. The maximum atomic E-state index is 13.1. The van der Waals surface area contributed by atoms with E-state index >= 15 is 0 Å². The van der Waals surface area contributed by atoms with Crippen LogP contribution in [0.1, 0.15) is 26.4 Å². The predicted molar refractivity (Wildman–Crippen MR) is 79.5 cm³/mol. The number of rotatable bonds is 4. The fourth-order valence-corrected chi connectivity index (χ4v) is 3.04. The number of nitrogens with one attached hydrogen (secondary N) is 1. The molecule has 0 radical (unpaired) electrons. The van der Waals surface area contributed by atoms with Crippen LogP contribution in [0.3, 0.4) is 0 Å². The quantitative estimate of drug-likeness (QED) is 0.910. The molecule has 0 aliphatic rings. The number of carbonyl (C=O) groups excluding carboxylic acids is 1. The highest BCUT2D eigenvalue weighted by Crippen LogP contribution is 2.32. The summed E-state index contributed by atoms with van der Waals surface area (Å²) < 4.78 is 13.1. The first-order valence-corrected chi connectivity index (χ1v) is 7.07. The Labute approximate surface area is 125 Å². The van der Waals surface area contributed by atoms with E-state index in [0.29, 0.717) is 16.1 Å². The van der Waals surface area contributed by atoms with Gasteiger partial charge in [-0.1, -0.05) is 12.1 Å². The van der Waals surface area contributed by atoms with Gasteiger partial charge in [0.25, 0.3) is 0 Å². The van der Waals surface area contributed by atoms with Crippen molar-refractivity contribution >= 4 is 28.2 Å². The number of carbonyl (C=O) groups is 2. The first-order chi connectivity index (χ1) is 9.88. The van der Waals surface area contributed by atoms with Crippen LogP contribution in [-0.2, 0) is 11.2 Å². The van der Waals surface area contributed by atoms with Crippen molar-refractivity contribution in [1.82, 2.24) is 0 Å². The lowest BCUT2D eigenvalue weighted by Gasteiger charge is -2.05. The zero-order valence-electron chi connectivity index (χ0n) is 11.6. The molecule has 1 heterocycles. The number of carboxylic acids is 1. The van der Waals surface area contributed by atoms with Crippen LogP contribution in [0.2, 0.25) is 0 Å². The van der Waals surface area contributed by atoms with E-state index < -0.39 is 11.8 Å². The van der Waals surface area contributed by atoms with E-state index in [2.05, 4.69) is 5.32 Å². The van der Waals surface area contributed by atoms with Crippen LogP contribution in [-0.4, -0.2) is 17.0 Å². The van der Waals surface area contributed by atoms with Crippen molar-refractivity contribution in [2.24, 2.45) is 0 Å². The number of hydrogen-bond acceptors (Lipinski definition) is 3. The number of anilines is 1. The highest BCUT2D eigenvalue weighted by molar-refractivity contribution is 7.16. The fraction of sp³-hybridized carbons (Fsp3) is 0.200. The Morgan fingerprint density at radius 3 is 2.67 bits per heavy atom. The lowest BCUT2D eigenvalue weighted by atomic mass is 10.1. The van der Waals surface area contributed by atoms with Crippen molar-refractivity contribution in [3.05, 3.63) is 51.7 Å². The molecule has 2 N–H and O–H groups in total. The van der Waals surface area contributed by atoms with Crippen LogP contribution < -0.4 is 5.32 Å². The number of aromatic carboxylic acids is 1. The number of thiophene rings is 1. The standard InChI is InChI=1S/C15H14FNO3S/c1-8-9(2)21-14(13(8)15(19)20)17-12(18)7-10-4-3-5-11(16)6-10/h3-6H,7H2,1-2H3,(H,17,18)(H,19,20). The average molecular weight is 307 g/mol. The summed E-state index contributed by atoms with van der Waals surface area (Å²) in [7, 11) is 0. The molecule has 1 aromatic heterocycles. The number of benzene rings is 1. The van der Waals surface area contributed by atoms with E-state index in [9.17, 15) is 19.1 Å². The normalized spacial score (nSPS) is 10.4. The molecule has 0 bridgehead atoms. The molecule has 0 aliphatic heterocycles. The van der Waals surface area contributed by atoms with Crippen molar-refractivity contribution in [1.29, 1.82) is 0 Å². The van der Waals surface area contributed by atoms with Crippen LogP contribution in [0.15, 0.2) is 24.3 Å². The Hall–Kier alpha value is -2.21. The third kappa shape index (κ3) is 3.46. The van der Waals surface area contributed by atoms with Crippen LogP contribution >= 0.6 is 11.3 Å². The van der Waals surface area contributed by atoms with E-state index in [4.69, 9.17) is 0 Å². The van der Waals surface area contributed by atoms with Crippen LogP contribution in [0.25, 0.3) is 0 Å². The summed E-state index contributed by atoms with van der Waals surface area (Å²) in [5.74, 6) is -1.85. The molecule has 2 rings (SSSR count). The first kappa shape index (κ1) is 15.2. The van der Waals surface area contributed by atoms with E-state index in [-0.39, 0.29) is 17.9 Å². The summed E-state index contributed by atoms with van der Waals surface area (Å²) in [5, 5.41) is 12.1. The third-order valence-corrected chi connectivity index (χ3v) is 4.23. The molecule has 21 heavy (non-hydrogen) atoms. The van der Waals surface area contributed by atoms with Crippen LogP contribution in [0, 0.1) is 19.7 Å². The number of aryl methyl sites for hydroxylation is 1. The van der Waals surface area contributed by atoms with Gasteiger partial charge in [0.15, 0.2) is 0 Å². The lowest BCUT2D eigenvalue weighted by molar-refractivity contribution is -0.115. The van der Waals surface area contributed by atoms with Gasteiger partial charge >= 0.3 is 5.97 Å². The Bertz CT molecular complexity index is 709. The summed E-state index contributed by atoms with van der Waals surface area (Å²) in [6.45, 7) is 3.51. The van der Waals surface area contributed by atoms with Crippen LogP contribution in [0.5, 0.6) is 0 Å². The topological polar surface area (TPSA) is 66.4 Å². The van der Waals surface area contributed by atoms with Gasteiger partial charge in [-0.3, -0.25) is 4.79 Å². The minimum Gasteiger partial charge on any atom is -0.478 e. The highest BCUT2D eigenvalue weighted by atomic mass is 32.1.